The van der Waals surface area contributed by atoms with E-state index in [2.05, 4.69) is 133 Å². The molecule has 0 amide bonds. The van der Waals surface area contributed by atoms with Crippen molar-refractivity contribution >= 4 is 45.1 Å². The van der Waals surface area contributed by atoms with Crippen molar-refractivity contribution in [2.24, 2.45) is 0 Å². The summed E-state index contributed by atoms with van der Waals surface area (Å²) in [6, 6.07) is 33.8. The van der Waals surface area contributed by atoms with Crippen LogP contribution in [0.4, 0.5) is 0 Å². The fraction of sp³-hybridized carbons (Fsp3) is 0.0625. The van der Waals surface area contributed by atoms with Crippen LogP contribution in [0.2, 0.25) is 0 Å². The predicted molar refractivity (Wildman–Crippen MR) is 150 cm³/mol. The maximum absolute atomic E-state index is 3.49. The Balaban J connectivity index is 1.69. The highest BCUT2D eigenvalue weighted by atomic mass is 32.2. The van der Waals surface area contributed by atoms with Crippen molar-refractivity contribution in [3.05, 3.63) is 119 Å². The molecule has 5 aromatic carbocycles. The largest absolute Gasteiger partial charge is 0.130 e. The van der Waals surface area contributed by atoms with Crippen molar-refractivity contribution in [2.75, 3.05) is 12.5 Å². The highest BCUT2D eigenvalue weighted by Gasteiger charge is 2.11. The molecule has 0 nitrogen and oxygen atoms in total. The van der Waals surface area contributed by atoms with E-state index in [0.29, 0.717) is 0 Å². The fourth-order valence-electron chi connectivity index (χ4n) is 4.02. The van der Waals surface area contributed by atoms with Gasteiger partial charge in [-0.05, 0) is 82.6 Å². The Morgan fingerprint density at radius 3 is 1.03 bits per heavy atom. The summed E-state index contributed by atoms with van der Waals surface area (Å²) in [7, 11) is 0. The quantitative estimate of drug-likeness (QED) is 0.145. The summed E-state index contributed by atoms with van der Waals surface area (Å²) in [5.74, 6) is 13.8. The van der Waals surface area contributed by atoms with E-state index in [1.165, 1.54) is 9.79 Å². The Morgan fingerprint density at radius 2 is 0.735 bits per heavy atom. The zero-order chi connectivity index (χ0) is 23.3. The van der Waals surface area contributed by atoms with Gasteiger partial charge in [0.25, 0.3) is 0 Å². The summed E-state index contributed by atoms with van der Waals surface area (Å²) < 4.78 is 0. The van der Waals surface area contributed by atoms with Crippen molar-refractivity contribution < 1.29 is 0 Å². The lowest BCUT2D eigenvalue weighted by molar-refractivity contribution is 1.45. The van der Waals surface area contributed by atoms with Gasteiger partial charge in [0.2, 0.25) is 0 Å². The van der Waals surface area contributed by atoms with Crippen molar-refractivity contribution in [3.8, 4) is 23.7 Å². The van der Waals surface area contributed by atoms with Crippen LogP contribution in [0.25, 0.3) is 21.5 Å². The normalized spacial score (nSPS) is 10.4. The Labute approximate surface area is 209 Å². The van der Waals surface area contributed by atoms with Crippen molar-refractivity contribution in [1.82, 2.24) is 0 Å². The van der Waals surface area contributed by atoms with E-state index in [1.807, 2.05) is 0 Å². The number of hydrogen-bond acceptors (Lipinski definition) is 2. The monoisotopic (exact) mass is 470 g/mol. The van der Waals surface area contributed by atoms with Crippen LogP contribution in [-0.4, -0.2) is 12.5 Å². The minimum atomic E-state index is 1.02. The van der Waals surface area contributed by atoms with Crippen molar-refractivity contribution in [2.45, 2.75) is 9.79 Å². The molecule has 5 rings (SSSR count). The van der Waals surface area contributed by atoms with Crippen molar-refractivity contribution in [1.29, 1.82) is 0 Å². The van der Waals surface area contributed by atoms with E-state index in [-0.39, 0.29) is 0 Å². The average Bonchev–Trinajstić information content (AvgIpc) is 2.91. The average molecular weight is 471 g/mol. The first-order chi connectivity index (χ1) is 16.8. The first-order valence-electron chi connectivity index (χ1n) is 11.0. The zero-order valence-corrected chi connectivity index (χ0v) is 20.7. The first kappa shape index (κ1) is 22.2. The molecule has 0 unspecified atom stereocenters. The van der Waals surface area contributed by atoms with E-state index in [4.69, 9.17) is 0 Å². The Kier molecular flexibility index (Phi) is 6.64. The van der Waals surface area contributed by atoms with Crippen LogP contribution in [0.15, 0.2) is 107 Å². The summed E-state index contributed by atoms with van der Waals surface area (Å²) >= 11 is 3.48. The molecular weight excluding hydrogens is 448 g/mol. The van der Waals surface area contributed by atoms with Gasteiger partial charge in [-0.15, -0.1) is 23.5 Å². The summed E-state index contributed by atoms with van der Waals surface area (Å²) in [4.78, 5) is 2.49. The molecule has 0 atom stereocenters. The third kappa shape index (κ3) is 4.57. The Bertz CT molecular complexity index is 1420. The molecule has 0 heterocycles. The molecule has 2 heteroatoms. The molecular formula is C32H22S2. The van der Waals surface area contributed by atoms with Gasteiger partial charge in [-0.1, -0.05) is 72.2 Å². The van der Waals surface area contributed by atoms with E-state index in [0.717, 1.165) is 43.8 Å². The lowest BCUT2D eigenvalue weighted by Gasteiger charge is -2.10. The van der Waals surface area contributed by atoms with Crippen LogP contribution < -0.4 is 0 Å². The topological polar surface area (TPSA) is 0 Å². The second-order valence-electron chi connectivity index (χ2n) is 7.80. The van der Waals surface area contributed by atoms with Crippen LogP contribution in [0.5, 0.6) is 0 Å². The van der Waals surface area contributed by atoms with E-state index >= 15 is 0 Å². The molecule has 0 bridgehead atoms. The van der Waals surface area contributed by atoms with Crippen LogP contribution >= 0.6 is 23.5 Å². The van der Waals surface area contributed by atoms with Gasteiger partial charge in [0.05, 0.1) is 0 Å². The maximum Gasteiger partial charge on any atom is 0.0406 e. The van der Waals surface area contributed by atoms with E-state index in [9.17, 15) is 0 Å². The molecule has 34 heavy (non-hydrogen) atoms. The highest BCUT2D eigenvalue weighted by molar-refractivity contribution is 7.98. The maximum atomic E-state index is 3.49. The molecule has 0 saturated carbocycles. The van der Waals surface area contributed by atoms with Crippen molar-refractivity contribution in [3.63, 3.8) is 0 Å². The van der Waals surface area contributed by atoms with Gasteiger partial charge in [-0.2, -0.15) is 0 Å². The summed E-state index contributed by atoms with van der Waals surface area (Å²) in [5, 5.41) is 4.54. The van der Waals surface area contributed by atoms with Crippen LogP contribution in [-0.2, 0) is 0 Å². The van der Waals surface area contributed by atoms with E-state index < -0.39 is 0 Å². The number of thioether (sulfide) groups is 2. The second-order valence-corrected chi connectivity index (χ2v) is 9.56. The number of fused-ring (bicyclic) bond motifs is 2. The van der Waals surface area contributed by atoms with Gasteiger partial charge in [0.1, 0.15) is 0 Å². The molecule has 162 valence electrons. The van der Waals surface area contributed by atoms with Crippen LogP contribution in [0.3, 0.4) is 0 Å². The molecule has 0 radical (unpaired) electrons. The zero-order valence-electron chi connectivity index (χ0n) is 19.1. The van der Waals surface area contributed by atoms with Gasteiger partial charge >= 0.3 is 0 Å². The summed E-state index contributed by atoms with van der Waals surface area (Å²) in [5.41, 5.74) is 4.14. The third-order valence-corrected chi connectivity index (χ3v) is 7.26. The van der Waals surface area contributed by atoms with Crippen LogP contribution in [0.1, 0.15) is 22.3 Å². The lowest BCUT2D eigenvalue weighted by atomic mass is 9.92. The van der Waals surface area contributed by atoms with Gasteiger partial charge in [0, 0.05) is 32.0 Å². The second kappa shape index (κ2) is 10.1. The van der Waals surface area contributed by atoms with Gasteiger partial charge < -0.3 is 0 Å². The summed E-state index contributed by atoms with van der Waals surface area (Å²) in [6.07, 6.45) is 4.17. The number of benzene rings is 5. The number of rotatable bonds is 2. The standard InChI is InChI=1S/C32H22S2/c1-33-25-17-11-23(12-18-25)15-21-31-27-7-3-5-9-29(27)32(30-10-6-4-8-28(30)31)22-16-24-13-19-26(34-2)20-14-24/h3-14,17-20H,1-2H3. The minimum absolute atomic E-state index is 1.02. The fourth-order valence-corrected chi connectivity index (χ4v) is 4.83. The SMILES string of the molecule is CSc1ccc(C#Cc2c3ccccc3c(C#Cc3ccc(SC)cc3)c3ccccc23)cc1. The molecule has 0 aromatic heterocycles. The Hall–Kier alpha value is -3.56. The third-order valence-electron chi connectivity index (χ3n) is 5.78. The molecule has 0 fully saturated rings. The van der Waals surface area contributed by atoms with E-state index in [1.54, 1.807) is 23.5 Å². The Morgan fingerprint density at radius 1 is 0.412 bits per heavy atom. The van der Waals surface area contributed by atoms with Gasteiger partial charge in [-0.3, -0.25) is 0 Å². The molecule has 0 N–H and O–H groups in total. The predicted octanol–water partition coefficient (Wildman–Crippen LogP) is 8.24. The van der Waals surface area contributed by atoms with Gasteiger partial charge in [-0.25, -0.2) is 0 Å². The molecule has 0 aliphatic heterocycles. The first-order valence-corrected chi connectivity index (χ1v) is 13.5. The summed E-state index contributed by atoms with van der Waals surface area (Å²) in [6.45, 7) is 0. The molecule has 0 aliphatic carbocycles. The minimum Gasteiger partial charge on any atom is -0.130 e. The highest BCUT2D eigenvalue weighted by Crippen LogP contribution is 2.32. The van der Waals surface area contributed by atoms with Gasteiger partial charge in [0.15, 0.2) is 0 Å². The number of hydrogen-bond donors (Lipinski definition) is 0. The molecule has 0 saturated heterocycles. The molecule has 5 aromatic rings. The molecule has 0 spiro atoms. The lowest BCUT2D eigenvalue weighted by Crippen LogP contribution is -1.90. The molecule has 0 aliphatic rings. The van der Waals surface area contributed by atoms with Crippen LogP contribution in [0, 0.1) is 23.7 Å². The smallest absolute Gasteiger partial charge is 0.0406 e.